The number of Topliss-reactive ketones (excluding diaryl/α,β-unsaturated/α-hetero) is 1. The number of halogens is 1. The number of aryl methyl sites for hydroxylation is 1. The second kappa shape index (κ2) is 7.05. The molecule has 0 saturated carbocycles. The first-order chi connectivity index (χ1) is 13.5. The molecule has 0 spiro atoms. The summed E-state index contributed by atoms with van der Waals surface area (Å²) in [5.41, 5.74) is 0.550. The number of rotatable bonds is 4. The van der Waals surface area contributed by atoms with E-state index in [1.54, 1.807) is 43.3 Å². The molecule has 4 rings (SSSR count). The van der Waals surface area contributed by atoms with Crippen LogP contribution in [0.1, 0.15) is 27.9 Å². The highest BCUT2D eigenvalue weighted by molar-refractivity contribution is 9.10. The van der Waals surface area contributed by atoms with Gasteiger partial charge in [0.15, 0.2) is 11.5 Å². The van der Waals surface area contributed by atoms with Gasteiger partial charge in [-0.05, 0) is 42.8 Å². The van der Waals surface area contributed by atoms with Crippen molar-refractivity contribution in [3.8, 4) is 0 Å². The first-order valence-corrected chi connectivity index (χ1v) is 9.17. The number of anilines is 1. The fourth-order valence-corrected chi connectivity index (χ4v) is 3.37. The fraction of sp³-hybridized carbons (Fsp3) is 0.100. The summed E-state index contributed by atoms with van der Waals surface area (Å²) >= 11 is 3.37. The number of ketones is 1. The molecule has 1 aromatic carbocycles. The van der Waals surface area contributed by atoms with Crippen LogP contribution in [0.2, 0.25) is 0 Å². The summed E-state index contributed by atoms with van der Waals surface area (Å²) in [7, 11) is 0. The fourth-order valence-electron chi connectivity index (χ4n) is 3.11. The first kappa shape index (κ1) is 18.1. The van der Waals surface area contributed by atoms with E-state index >= 15 is 0 Å². The van der Waals surface area contributed by atoms with Gasteiger partial charge in [-0.3, -0.25) is 14.5 Å². The van der Waals surface area contributed by atoms with Gasteiger partial charge in [-0.2, -0.15) is 0 Å². The lowest BCUT2D eigenvalue weighted by molar-refractivity contribution is -0.117. The van der Waals surface area contributed by atoms with Crippen molar-refractivity contribution in [1.82, 2.24) is 9.97 Å². The zero-order valence-electron chi connectivity index (χ0n) is 14.7. The molecule has 1 N–H and O–H groups in total. The van der Waals surface area contributed by atoms with Gasteiger partial charge in [0.1, 0.15) is 5.76 Å². The molecule has 140 valence electrons. The van der Waals surface area contributed by atoms with Gasteiger partial charge in [0.25, 0.3) is 5.91 Å². The molecule has 0 aliphatic carbocycles. The molecule has 0 unspecified atom stereocenters. The standard InChI is InChI=1S/C20H14BrN3O4/c1-11-3-8-14(28-11)17(25)15-16(12-4-6-13(21)7-5-12)24(19(27)18(15)26)20-22-9-2-10-23-20/h2-10,16,26H,1H3/t16-/m1/s1. The summed E-state index contributed by atoms with van der Waals surface area (Å²) in [4.78, 5) is 35.4. The quantitative estimate of drug-likeness (QED) is 0.618. The Morgan fingerprint density at radius 3 is 2.43 bits per heavy atom. The lowest BCUT2D eigenvalue weighted by Gasteiger charge is -2.24. The van der Waals surface area contributed by atoms with E-state index in [-0.39, 0.29) is 17.3 Å². The largest absolute Gasteiger partial charge is 0.503 e. The van der Waals surface area contributed by atoms with Crippen LogP contribution in [0.4, 0.5) is 5.95 Å². The Morgan fingerprint density at radius 2 is 1.82 bits per heavy atom. The molecule has 1 amide bonds. The summed E-state index contributed by atoms with van der Waals surface area (Å²) < 4.78 is 6.26. The number of aliphatic hydroxyl groups is 1. The Hall–Kier alpha value is -3.26. The van der Waals surface area contributed by atoms with E-state index in [1.165, 1.54) is 23.4 Å². The predicted octanol–water partition coefficient (Wildman–Crippen LogP) is 3.92. The summed E-state index contributed by atoms with van der Waals surface area (Å²) in [6.45, 7) is 1.71. The number of furan rings is 1. The van der Waals surface area contributed by atoms with Gasteiger partial charge in [0.2, 0.25) is 11.7 Å². The number of aliphatic hydroxyl groups excluding tert-OH is 1. The molecule has 0 radical (unpaired) electrons. The second-order valence-corrected chi connectivity index (χ2v) is 7.10. The predicted molar refractivity (Wildman–Crippen MR) is 104 cm³/mol. The smallest absolute Gasteiger partial charge is 0.296 e. The molecule has 3 heterocycles. The third-order valence-corrected chi connectivity index (χ3v) is 4.90. The van der Waals surface area contributed by atoms with E-state index in [0.717, 1.165) is 4.47 Å². The highest BCUT2D eigenvalue weighted by Crippen LogP contribution is 2.41. The maximum atomic E-state index is 13.1. The summed E-state index contributed by atoms with van der Waals surface area (Å²) in [5, 5.41) is 10.6. The maximum Gasteiger partial charge on any atom is 0.296 e. The van der Waals surface area contributed by atoms with Gasteiger partial charge < -0.3 is 9.52 Å². The number of amides is 1. The van der Waals surface area contributed by atoms with E-state index in [0.29, 0.717) is 11.3 Å². The van der Waals surface area contributed by atoms with Gasteiger partial charge in [0, 0.05) is 16.9 Å². The highest BCUT2D eigenvalue weighted by atomic mass is 79.9. The average Bonchev–Trinajstić information content (AvgIpc) is 3.25. The maximum absolute atomic E-state index is 13.1. The Kier molecular flexibility index (Phi) is 4.56. The molecule has 2 aromatic heterocycles. The Morgan fingerprint density at radius 1 is 1.14 bits per heavy atom. The number of benzene rings is 1. The number of hydrogen-bond donors (Lipinski definition) is 1. The number of hydrogen-bond acceptors (Lipinski definition) is 6. The van der Waals surface area contributed by atoms with Crippen LogP contribution in [0.25, 0.3) is 0 Å². The third-order valence-electron chi connectivity index (χ3n) is 4.37. The zero-order valence-corrected chi connectivity index (χ0v) is 16.3. The summed E-state index contributed by atoms with van der Waals surface area (Å²) in [5.74, 6) is -1.26. The van der Waals surface area contributed by atoms with Crippen molar-refractivity contribution in [2.45, 2.75) is 13.0 Å². The lowest BCUT2D eigenvalue weighted by atomic mass is 9.95. The number of carbonyl (C=O) groups excluding carboxylic acids is 2. The van der Waals surface area contributed by atoms with E-state index in [1.807, 2.05) is 0 Å². The van der Waals surface area contributed by atoms with Gasteiger partial charge in [-0.15, -0.1) is 0 Å². The minimum atomic E-state index is -0.888. The van der Waals surface area contributed by atoms with Crippen LogP contribution in [0.5, 0.6) is 0 Å². The lowest BCUT2D eigenvalue weighted by Crippen LogP contribution is -2.32. The second-order valence-electron chi connectivity index (χ2n) is 6.18. The first-order valence-electron chi connectivity index (χ1n) is 8.37. The van der Waals surface area contributed by atoms with Crippen LogP contribution < -0.4 is 4.90 Å². The number of carbonyl (C=O) groups is 2. The number of aromatic nitrogens is 2. The molecule has 7 nitrogen and oxygen atoms in total. The summed E-state index contributed by atoms with van der Waals surface area (Å²) in [6.07, 6.45) is 2.97. The highest BCUT2D eigenvalue weighted by Gasteiger charge is 2.46. The SMILES string of the molecule is Cc1ccc(C(=O)C2=C(O)C(=O)N(c3ncccn3)[C@@H]2c2ccc(Br)cc2)o1. The molecule has 1 aliphatic heterocycles. The van der Waals surface area contributed by atoms with E-state index < -0.39 is 23.5 Å². The van der Waals surface area contributed by atoms with Gasteiger partial charge in [0.05, 0.1) is 11.6 Å². The molecule has 0 saturated heterocycles. The molecule has 8 heteroatoms. The third kappa shape index (κ3) is 3.01. The van der Waals surface area contributed by atoms with Crippen molar-refractivity contribution in [2.75, 3.05) is 4.90 Å². The Bertz CT molecular complexity index is 1090. The van der Waals surface area contributed by atoms with Crippen LogP contribution in [0.15, 0.2) is 75.1 Å². The minimum Gasteiger partial charge on any atom is -0.503 e. The number of nitrogens with zero attached hydrogens (tertiary/aromatic N) is 3. The van der Waals surface area contributed by atoms with Crippen molar-refractivity contribution in [1.29, 1.82) is 0 Å². The van der Waals surface area contributed by atoms with Crippen molar-refractivity contribution < 1.29 is 19.1 Å². The molecule has 1 atom stereocenters. The molecule has 0 bridgehead atoms. The normalized spacial score (nSPS) is 16.7. The molecular weight excluding hydrogens is 426 g/mol. The summed E-state index contributed by atoms with van der Waals surface area (Å²) in [6, 6.07) is 11.0. The van der Waals surface area contributed by atoms with Crippen LogP contribution in [-0.2, 0) is 4.79 Å². The minimum absolute atomic E-state index is 0.0461. The van der Waals surface area contributed by atoms with Crippen molar-refractivity contribution in [3.63, 3.8) is 0 Å². The van der Waals surface area contributed by atoms with E-state index in [2.05, 4.69) is 25.9 Å². The molecule has 3 aromatic rings. The Balaban J connectivity index is 1.88. The molecule has 0 fully saturated rings. The average molecular weight is 440 g/mol. The van der Waals surface area contributed by atoms with Gasteiger partial charge in [-0.25, -0.2) is 9.97 Å². The monoisotopic (exact) mass is 439 g/mol. The molecule has 28 heavy (non-hydrogen) atoms. The Labute approximate surface area is 168 Å². The van der Waals surface area contributed by atoms with Gasteiger partial charge >= 0.3 is 0 Å². The zero-order chi connectivity index (χ0) is 19.8. The van der Waals surface area contributed by atoms with Crippen LogP contribution in [0, 0.1) is 6.92 Å². The van der Waals surface area contributed by atoms with Crippen LogP contribution in [0.3, 0.4) is 0 Å². The van der Waals surface area contributed by atoms with Crippen LogP contribution in [-0.4, -0.2) is 26.8 Å². The van der Waals surface area contributed by atoms with Crippen molar-refractivity contribution >= 4 is 33.6 Å². The van der Waals surface area contributed by atoms with Crippen molar-refractivity contribution in [2.24, 2.45) is 0 Å². The molecular formula is C20H14BrN3O4. The van der Waals surface area contributed by atoms with Gasteiger partial charge in [-0.1, -0.05) is 28.1 Å². The van der Waals surface area contributed by atoms with Crippen LogP contribution >= 0.6 is 15.9 Å². The van der Waals surface area contributed by atoms with Crippen molar-refractivity contribution in [3.05, 3.63) is 87.7 Å². The van der Waals surface area contributed by atoms with E-state index in [4.69, 9.17) is 4.42 Å². The topological polar surface area (TPSA) is 96.5 Å². The molecule has 1 aliphatic rings. The van der Waals surface area contributed by atoms with E-state index in [9.17, 15) is 14.7 Å².